The molecule has 0 fully saturated rings. The lowest BCUT2D eigenvalue weighted by Gasteiger charge is -2.51. The van der Waals surface area contributed by atoms with Crippen molar-refractivity contribution in [2.75, 3.05) is 4.90 Å². The first kappa shape index (κ1) is 39.6. The lowest BCUT2D eigenvalue weighted by atomic mass is 9.30. The molecule has 0 saturated carbocycles. The van der Waals surface area contributed by atoms with Gasteiger partial charge in [-0.2, -0.15) is 0 Å². The van der Waals surface area contributed by atoms with Gasteiger partial charge < -0.3 is 14.2 Å². The van der Waals surface area contributed by atoms with Crippen LogP contribution in [0.25, 0.3) is 0 Å². The molecule has 3 nitrogen and oxygen atoms in total. The average Bonchev–Trinajstić information content (AvgIpc) is 3.54. The van der Waals surface area contributed by atoms with Crippen LogP contribution >= 0.6 is 0 Å². The second kappa shape index (κ2) is 15.2. The molecule has 3 heterocycles. The number of allylic oxidation sites excluding steroid dienone is 10. The molecule has 0 N–H and O–H groups in total. The first-order chi connectivity index (χ1) is 25.0. The summed E-state index contributed by atoms with van der Waals surface area (Å²) in [6.07, 6.45) is 29.0. The minimum atomic E-state index is -0.0154. The van der Waals surface area contributed by atoms with Crippen molar-refractivity contribution in [3.8, 4) is 0 Å². The van der Waals surface area contributed by atoms with Crippen molar-refractivity contribution >= 4 is 18.1 Å². The van der Waals surface area contributed by atoms with Gasteiger partial charge in [0, 0.05) is 22.5 Å². The maximum absolute atomic E-state index is 7.48. The van der Waals surface area contributed by atoms with E-state index in [9.17, 15) is 0 Å². The molecule has 2 aliphatic heterocycles. The molecule has 0 aromatic carbocycles. The summed E-state index contributed by atoms with van der Waals surface area (Å²) in [6, 6.07) is 0.455. The van der Waals surface area contributed by atoms with Crippen LogP contribution in [0, 0.1) is 17.8 Å². The fourth-order valence-electron chi connectivity index (χ4n) is 9.77. The third-order valence-electron chi connectivity index (χ3n) is 13.5. The average molecular weight is 715 g/mol. The van der Waals surface area contributed by atoms with Crippen LogP contribution in [0.2, 0.25) is 0 Å². The highest BCUT2D eigenvalue weighted by molar-refractivity contribution is 6.89. The highest BCUT2D eigenvalue weighted by Crippen LogP contribution is 2.53. The molecule has 0 radical (unpaired) electrons. The first-order valence-corrected chi connectivity index (χ1v) is 21.3. The van der Waals surface area contributed by atoms with Gasteiger partial charge in [0.1, 0.15) is 5.76 Å². The molecule has 0 saturated heterocycles. The van der Waals surface area contributed by atoms with Gasteiger partial charge in [-0.25, -0.2) is 0 Å². The van der Waals surface area contributed by atoms with Crippen molar-refractivity contribution < 1.29 is 4.42 Å². The van der Waals surface area contributed by atoms with Crippen molar-refractivity contribution in [3.63, 3.8) is 0 Å². The van der Waals surface area contributed by atoms with Crippen molar-refractivity contribution in [1.82, 2.24) is 4.90 Å². The van der Waals surface area contributed by atoms with Gasteiger partial charge in [0.25, 0.3) is 6.71 Å². The SMILES string of the molecule is C/C=C(\C(C)=C/CC(C)C)N1C(C)=C(/C=C(\C)C(C)C)B2C3=C1C=CCC3N(C1C=CC(C(C)CCCC)=CC1)c1oc3c(c12)C(C)(C)CCC3(C)C. The highest BCUT2D eigenvalue weighted by Gasteiger charge is 2.55. The highest BCUT2D eigenvalue weighted by atomic mass is 16.4. The Labute approximate surface area is 324 Å². The Hall–Kier alpha value is -3.14. The molecule has 6 rings (SSSR count). The smallest absolute Gasteiger partial charge is 0.251 e. The summed E-state index contributed by atoms with van der Waals surface area (Å²) in [5.41, 5.74) is 14.3. The standard InChI is InChI=1S/C49H71BN2O/c1-15-17-19-33(7)37-24-26-38(27-25-37)52-42-21-18-20-41-44(42)50(45-43-46(53-47(45)52)49(13,14)29-28-48(43,11)12)39(30-35(9)32(5)6)36(10)51(41)40(16-2)34(8)23-22-31(3)4/h16,18,20,23-26,30-33,38,42H,15,17,19,21-22,27-29H2,1-14H3/b34-23-,35-30+,40-16+. The van der Waals surface area contributed by atoms with E-state index in [0.717, 1.165) is 31.6 Å². The Balaban J connectivity index is 1.64. The second-order valence-corrected chi connectivity index (χ2v) is 19.1. The molecule has 5 aliphatic rings. The molecule has 0 bridgehead atoms. The van der Waals surface area contributed by atoms with Gasteiger partial charge in [0.15, 0.2) is 5.88 Å². The largest absolute Gasteiger partial charge is 0.445 e. The van der Waals surface area contributed by atoms with Crippen molar-refractivity contribution in [1.29, 1.82) is 0 Å². The van der Waals surface area contributed by atoms with Gasteiger partial charge in [0.2, 0.25) is 0 Å². The molecule has 1 aromatic rings. The molecular weight excluding hydrogens is 643 g/mol. The maximum Gasteiger partial charge on any atom is 0.251 e. The van der Waals surface area contributed by atoms with E-state index in [1.807, 2.05) is 0 Å². The van der Waals surface area contributed by atoms with Crippen molar-refractivity contribution in [3.05, 3.63) is 105 Å². The molecular formula is C49H71BN2O. The predicted octanol–water partition coefficient (Wildman–Crippen LogP) is 13.0. The molecule has 3 unspecified atom stereocenters. The summed E-state index contributed by atoms with van der Waals surface area (Å²) in [7, 11) is 0. The maximum atomic E-state index is 7.48. The molecule has 4 heteroatoms. The lowest BCUT2D eigenvalue weighted by Crippen LogP contribution is -2.60. The summed E-state index contributed by atoms with van der Waals surface area (Å²) in [5.74, 6) is 4.06. The summed E-state index contributed by atoms with van der Waals surface area (Å²) in [5, 5.41) is 0. The van der Waals surface area contributed by atoms with Crippen LogP contribution in [0.4, 0.5) is 5.88 Å². The van der Waals surface area contributed by atoms with Crippen LogP contribution in [0.3, 0.4) is 0 Å². The Bertz CT molecular complexity index is 1830. The second-order valence-electron chi connectivity index (χ2n) is 19.1. The van der Waals surface area contributed by atoms with Gasteiger partial charge >= 0.3 is 0 Å². The van der Waals surface area contributed by atoms with Gasteiger partial charge in [-0.15, -0.1) is 0 Å². The van der Waals surface area contributed by atoms with E-state index in [2.05, 4.69) is 155 Å². The summed E-state index contributed by atoms with van der Waals surface area (Å²) in [4.78, 5) is 5.39. The summed E-state index contributed by atoms with van der Waals surface area (Å²) < 4.78 is 7.48. The first-order valence-electron chi connectivity index (χ1n) is 21.3. The molecule has 0 amide bonds. The Morgan fingerprint density at radius 2 is 1.74 bits per heavy atom. The zero-order valence-electron chi connectivity index (χ0n) is 36.0. The lowest BCUT2D eigenvalue weighted by molar-refractivity contribution is 0.278. The summed E-state index contributed by atoms with van der Waals surface area (Å²) in [6.45, 7) is 33.3. The van der Waals surface area contributed by atoms with Gasteiger partial charge in [0.05, 0.1) is 12.1 Å². The molecule has 286 valence electrons. The van der Waals surface area contributed by atoms with E-state index in [-0.39, 0.29) is 29.6 Å². The van der Waals surface area contributed by atoms with E-state index >= 15 is 0 Å². The Morgan fingerprint density at radius 3 is 2.36 bits per heavy atom. The van der Waals surface area contributed by atoms with Gasteiger partial charge in [-0.3, -0.25) is 0 Å². The third kappa shape index (κ3) is 7.11. The van der Waals surface area contributed by atoms with Crippen molar-refractivity contribution in [2.45, 2.75) is 171 Å². The van der Waals surface area contributed by atoms with Crippen molar-refractivity contribution in [2.24, 2.45) is 17.8 Å². The number of rotatable bonds is 11. The van der Waals surface area contributed by atoms with E-state index in [0.29, 0.717) is 17.8 Å². The number of furan rings is 1. The zero-order chi connectivity index (χ0) is 38.6. The predicted molar refractivity (Wildman–Crippen MR) is 231 cm³/mol. The summed E-state index contributed by atoms with van der Waals surface area (Å²) >= 11 is 0. The van der Waals surface area contributed by atoms with E-state index in [1.54, 1.807) is 5.47 Å². The molecule has 1 aromatic heterocycles. The minimum absolute atomic E-state index is 0.0154. The third-order valence-corrected chi connectivity index (χ3v) is 13.5. The molecule has 0 spiro atoms. The number of fused-ring (bicyclic) bond motifs is 4. The monoisotopic (exact) mass is 715 g/mol. The topological polar surface area (TPSA) is 19.6 Å². The number of anilines is 1. The fourth-order valence-corrected chi connectivity index (χ4v) is 9.77. The fraction of sp³-hybridized carbons (Fsp3) is 0.592. The Morgan fingerprint density at radius 1 is 1.02 bits per heavy atom. The Kier molecular flexibility index (Phi) is 11.3. The van der Waals surface area contributed by atoms with Crippen LogP contribution in [-0.2, 0) is 10.8 Å². The molecule has 3 aliphatic carbocycles. The quantitative estimate of drug-likeness (QED) is 0.168. The van der Waals surface area contributed by atoms with Crippen LogP contribution < -0.4 is 10.4 Å². The van der Waals surface area contributed by atoms with Crippen LogP contribution in [0.1, 0.15) is 160 Å². The normalized spacial score (nSPS) is 24.6. The van der Waals surface area contributed by atoms with E-state index < -0.39 is 0 Å². The van der Waals surface area contributed by atoms with E-state index in [1.165, 1.54) is 81.8 Å². The number of nitrogens with zero attached hydrogens (tertiary/aromatic N) is 2. The minimum Gasteiger partial charge on any atom is -0.445 e. The zero-order valence-corrected chi connectivity index (χ0v) is 36.0. The molecule has 3 atom stereocenters. The van der Waals surface area contributed by atoms with Crippen LogP contribution in [0.15, 0.2) is 97.8 Å². The van der Waals surface area contributed by atoms with Crippen LogP contribution in [0.5, 0.6) is 0 Å². The molecule has 53 heavy (non-hydrogen) atoms. The number of hydrogen-bond acceptors (Lipinski definition) is 3. The van der Waals surface area contributed by atoms with Gasteiger partial charge in [-0.1, -0.05) is 130 Å². The van der Waals surface area contributed by atoms with Gasteiger partial charge in [-0.05, 0) is 129 Å². The number of hydrogen-bond donors (Lipinski definition) is 0. The van der Waals surface area contributed by atoms with E-state index in [4.69, 9.17) is 4.42 Å². The van der Waals surface area contributed by atoms with Crippen LogP contribution in [-0.4, -0.2) is 23.7 Å². The number of unbranched alkanes of at least 4 members (excludes halogenated alkanes) is 1.